The SMILES string of the molecule is CCn1c(CCNC(C)=O)nnc1SCC(=O)c1ccccc1. The van der Waals surface area contributed by atoms with Gasteiger partial charge in [-0.1, -0.05) is 42.1 Å². The largest absolute Gasteiger partial charge is 0.356 e. The van der Waals surface area contributed by atoms with Crippen LogP contribution in [0.3, 0.4) is 0 Å². The van der Waals surface area contributed by atoms with E-state index in [0.29, 0.717) is 24.3 Å². The molecule has 0 fully saturated rings. The molecular formula is C16H20N4O2S. The molecule has 0 saturated carbocycles. The first-order valence-corrected chi connectivity index (χ1v) is 8.48. The van der Waals surface area contributed by atoms with Crippen molar-refractivity contribution in [1.29, 1.82) is 0 Å². The van der Waals surface area contributed by atoms with Crippen LogP contribution in [0.4, 0.5) is 0 Å². The Balaban J connectivity index is 1.96. The predicted molar refractivity (Wildman–Crippen MR) is 89.6 cm³/mol. The summed E-state index contributed by atoms with van der Waals surface area (Å²) in [6, 6.07) is 9.22. The Morgan fingerprint density at radius 1 is 1.22 bits per heavy atom. The van der Waals surface area contributed by atoms with Crippen molar-refractivity contribution in [2.24, 2.45) is 0 Å². The fourth-order valence-corrected chi connectivity index (χ4v) is 3.03. The number of hydrogen-bond donors (Lipinski definition) is 1. The van der Waals surface area contributed by atoms with Gasteiger partial charge in [-0.05, 0) is 6.92 Å². The number of hydrogen-bond acceptors (Lipinski definition) is 5. The number of amides is 1. The summed E-state index contributed by atoms with van der Waals surface area (Å²) in [6.45, 7) is 4.75. The van der Waals surface area contributed by atoms with Crippen molar-refractivity contribution in [3.63, 3.8) is 0 Å². The van der Waals surface area contributed by atoms with Crippen LogP contribution >= 0.6 is 11.8 Å². The zero-order valence-electron chi connectivity index (χ0n) is 13.3. The van der Waals surface area contributed by atoms with Crippen LogP contribution in [0.1, 0.15) is 30.0 Å². The van der Waals surface area contributed by atoms with Gasteiger partial charge in [-0.2, -0.15) is 0 Å². The fourth-order valence-electron chi connectivity index (χ4n) is 2.12. The molecule has 1 aromatic carbocycles. The molecule has 7 heteroatoms. The summed E-state index contributed by atoms with van der Waals surface area (Å²) in [4.78, 5) is 23.1. The zero-order chi connectivity index (χ0) is 16.7. The van der Waals surface area contributed by atoms with Crippen LogP contribution in [-0.4, -0.2) is 38.8 Å². The lowest BCUT2D eigenvalue weighted by Gasteiger charge is -2.07. The van der Waals surface area contributed by atoms with Crippen molar-refractivity contribution in [1.82, 2.24) is 20.1 Å². The van der Waals surface area contributed by atoms with Gasteiger partial charge >= 0.3 is 0 Å². The Labute approximate surface area is 139 Å². The second-order valence-electron chi connectivity index (χ2n) is 4.95. The van der Waals surface area contributed by atoms with Gasteiger partial charge in [-0.15, -0.1) is 10.2 Å². The number of carbonyl (C=O) groups excluding carboxylic acids is 2. The smallest absolute Gasteiger partial charge is 0.216 e. The van der Waals surface area contributed by atoms with Crippen molar-refractivity contribution in [2.75, 3.05) is 12.3 Å². The van der Waals surface area contributed by atoms with Crippen LogP contribution in [0, 0.1) is 0 Å². The van der Waals surface area contributed by atoms with Crippen LogP contribution in [-0.2, 0) is 17.8 Å². The zero-order valence-corrected chi connectivity index (χ0v) is 14.1. The number of aromatic nitrogens is 3. The number of rotatable bonds is 8. The third kappa shape index (κ3) is 4.92. The molecule has 1 aromatic heterocycles. The van der Waals surface area contributed by atoms with E-state index in [9.17, 15) is 9.59 Å². The van der Waals surface area contributed by atoms with Crippen LogP contribution in [0.5, 0.6) is 0 Å². The van der Waals surface area contributed by atoms with Crippen LogP contribution < -0.4 is 5.32 Å². The summed E-state index contributed by atoms with van der Waals surface area (Å²) < 4.78 is 1.98. The number of carbonyl (C=O) groups is 2. The molecule has 0 spiro atoms. The van der Waals surface area contributed by atoms with Gasteiger partial charge in [0.2, 0.25) is 5.91 Å². The summed E-state index contributed by atoms with van der Waals surface area (Å²) >= 11 is 1.39. The minimum Gasteiger partial charge on any atom is -0.356 e. The maximum atomic E-state index is 12.1. The van der Waals surface area contributed by atoms with E-state index in [1.165, 1.54) is 18.7 Å². The summed E-state index contributed by atoms with van der Waals surface area (Å²) in [7, 11) is 0. The Morgan fingerprint density at radius 2 is 1.96 bits per heavy atom. The standard InChI is InChI=1S/C16H20N4O2S/c1-3-20-15(9-10-17-12(2)21)18-19-16(20)23-11-14(22)13-7-5-4-6-8-13/h4-8H,3,9-11H2,1-2H3,(H,17,21). The molecule has 1 heterocycles. The van der Waals surface area contributed by atoms with Crippen LogP contribution in [0.2, 0.25) is 0 Å². The van der Waals surface area contributed by atoms with E-state index in [1.807, 2.05) is 41.8 Å². The lowest BCUT2D eigenvalue weighted by Crippen LogP contribution is -2.23. The molecule has 0 saturated heterocycles. The van der Waals surface area contributed by atoms with E-state index in [0.717, 1.165) is 17.5 Å². The van der Waals surface area contributed by atoms with E-state index in [1.54, 1.807) is 0 Å². The average molecular weight is 332 g/mol. The Bertz CT molecular complexity index is 670. The molecule has 0 aliphatic carbocycles. The Morgan fingerprint density at radius 3 is 2.61 bits per heavy atom. The van der Waals surface area contributed by atoms with Gasteiger partial charge in [0.25, 0.3) is 0 Å². The highest BCUT2D eigenvalue weighted by atomic mass is 32.2. The molecule has 0 bridgehead atoms. The molecule has 0 radical (unpaired) electrons. The van der Waals surface area contributed by atoms with Gasteiger partial charge in [-0.3, -0.25) is 9.59 Å². The minimum absolute atomic E-state index is 0.0596. The third-order valence-corrected chi connectivity index (χ3v) is 4.23. The van der Waals surface area contributed by atoms with Crippen molar-refractivity contribution in [2.45, 2.75) is 32.0 Å². The third-order valence-electron chi connectivity index (χ3n) is 3.26. The first-order valence-electron chi connectivity index (χ1n) is 7.49. The maximum absolute atomic E-state index is 12.1. The van der Waals surface area contributed by atoms with E-state index >= 15 is 0 Å². The molecule has 0 aliphatic heterocycles. The quantitative estimate of drug-likeness (QED) is 0.590. The van der Waals surface area contributed by atoms with Gasteiger partial charge < -0.3 is 9.88 Å². The van der Waals surface area contributed by atoms with Gasteiger partial charge in [-0.25, -0.2) is 0 Å². The second-order valence-corrected chi connectivity index (χ2v) is 5.90. The minimum atomic E-state index is -0.0596. The van der Waals surface area contributed by atoms with Crippen LogP contribution in [0.25, 0.3) is 0 Å². The number of benzene rings is 1. The number of nitrogens with one attached hydrogen (secondary N) is 1. The highest BCUT2D eigenvalue weighted by Crippen LogP contribution is 2.18. The number of nitrogens with zero attached hydrogens (tertiary/aromatic N) is 3. The lowest BCUT2D eigenvalue weighted by atomic mass is 10.2. The molecule has 1 N–H and O–H groups in total. The van der Waals surface area contributed by atoms with Crippen molar-refractivity contribution >= 4 is 23.5 Å². The molecule has 0 unspecified atom stereocenters. The molecule has 122 valence electrons. The van der Waals surface area contributed by atoms with Crippen molar-refractivity contribution in [3.05, 3.63) is 41.7 Å². The molecule has 2 aromatic rings. The number of thioether (sulfide) groups is 1. The molecule has 1 amide bonds. The normalized spacial score (nSPS) is 10.5. The summed E-state index contributed by atoms with van der Waals surface area (Å²) in [5.74, 6) is 1.15. The molecule has 0 aliphatic rings. The molecular weight excluding hydrogens is 312 g/mol. The van der Waals surface area contributed by atoms with Gasteiger partial charge in [0.1, 0.15) is 5.82 Å². The molecule has 0 atom stereocenters. The second kappa shape index (κ2) is 8.47. The van der Waals surface area contributed by atoms with E-state index in [2.05, 4.69) is 15.5 Å². The first kappa shape index (κ1) is 17.2. The highest BCUT2D eigenvalue weighted by molar-refractivity contribution is 7.99. The lowest BCUT2D eigenvalue weighted by molar-refractivity contribution is -0.118. The highest BCUT2D eigenvalue weighted by Gasteiger charge is 2.13. The van der Waals surface area contributed by atoms with E-state index in [-0.39, 0.29) is 11.7 Å². The molecule has 2 rings (SSSR count). The summed E-state index contributed by atoms with van der Waals surface area (Å²) in [6.07, 6.45) is 0.619. The monoisotopic (exact) mass is 332 g/mol. The van der Waals surface area contributed by atoms with Crippen LogP contribution in [0.15, 0.2) is 35.5 Å². The maximum Gasteiger partial charge on any atom is 0.216 e. The van der Waals surface area contributed by atoms with Crippen molar-refractivity contribution < 1.29 is 9.59 Å². The van der Waals surface area contributed by atoms with Crippen molar-refractivity contribution in [3.8, 4) is 0 Å². The fraction of sp³-hybridized carbons (Fsp3) is 0.375. The summed E-state index contributed by atoms with van der Waals surface area (Å²) in [5.41, 5.74) is 0.702. The van der Waals surface area contributed by atoms with Gasteiger partial charge in [0.15, 0.2) is 10.9 Å². The topological polar surface area (TPSA) is 76.9 Å². The summed E-state index contributed by atoms with van der Waals surface area (Å²) in [5, 5.41) is 11.8. The van der Waals surface area contributed by atoms with Gasteiger partial charge in [0.05, 0.1) is 5.75 Å². The predicted octanol–water partition coefficient (Wildman–Crippen LogP) is 1.95. The first-order chi connectivity index (χ1) is 11.1. The van der Waals surface area contributed by atoms with E-state index < -0.39 is 0 Å². The number of Topliss-reactive ketones (excluding diaryl/α,β-unsaturated/α-hetero) is 1. The molecule has 6 nitrogen and oxygen atoms in total. The average Bonchev–Trinajstić information content (AvgIpc) is 2.95. The van der Waals surface area contributed by atoms with Gasteiger partial charge in [0, 0.05) is 32.0 Å². The Hall–Kier alpha value is -2.15. The molecule has 23 heavy (non-hydrogen) atoms. The van der Waals surface area contributed by atoms with E-state index in [4.69, 9.17) is 0 Å². The Kier molecular flexibility index (Phi) is 6.34. The number of ketones is 1.